The minimum absolute atomic E-state index is 0.0581. The summed E-state index contributed by atoms with van der Waals surface area (Å²) in [6.45, 7) is 4.82. The predicted octanol–water partition coefficient (Wildman–Crippen LogP) is 1.72. The predicted molar refractivity (Wildman–Crippen MR) is 62.2 cm³/mol. The van der Waals surface area contributed by atoms with Crippen molar-refractivity contribution in [3.63, 3.8) is 0 Å². The molecule has 5 heteroatoms. The van der Waals surface area contributed by atoms with E-state index in [1.54, 1.807) is 12.0 Å². The molecule has 0 aliphatic heterocycles. The fraction of sp³-hybridized carbons (Fsp3) is 0.500. The van der Waals surface area contributed by atoms with Crippen molar-refractivity contribution in [2.24, 2.45) is 0 Å². The lowest BCUT2D eigenvalue weighted by Crippen LogP contribution is -2.39. The molecule has 0 fully saturated rings. The first kappa shape index (κ1) is 13.6. The van der Waals surface area contributed by atoms with Crippen LogP contribution in [0.5, 0.6) is 0 Å². The third kappa shape index (κ3) is 3.78. The van der Waals surface area contributed by atoms with Gasteiger partial charge in [-0.3, -0.25) is 4.79 Å². The average Bonchev–Trinajstić information content (AvgIpc) is 2.29. The number of methoxy groups -OCH3 is 1. The van der Waals surface area contributed by atoms with Gasteiger partial charge in [-0.15, -0.1) is 0 Å². The first-order valence-electron chi connectivity index (χ1n) is 5.47. The minimum atomic E-state index is -0.588. The summed E-state index contributed by atoms with van der Waals surface area (Å²) >= 11 is 0. The molecule has 1 rings (SSSR count). The zero-order valence-electron chi connectivity index (χ0n) is 10.3. The lowest BCUT2D eigenvalue weighted by molar-refractivity contribution is 0.0634. The van der Waals surface area contributed by atoms with E-state index in [1.165, 1.54) is 18.3 Å². The van der Waals surface area contributed by atoms with Crippen molar-refractivity contribution < 1.29 is 13.9 Å². The number of pyridine rings is 1. The van der Waals surface area contributed by atoms with Gasteiger partial charge >= 0.3 is 0 Å². The van der Waals surface area contributed by atoms with E-state index < -0.39 is 5.95 Å². The zero-order chi connectivity index (χ0) is 12.8. The second kappa shape index (κ2) is 6.30. The SMILES string of the molecule is COCCN(C(=O)c1ccc(F)nc1)C(C)C. The quantitative estimate of drug-likeness (QED) is 0.736. The monoisotopic (exact) mass is 240 g/mol. The third-order valence-electron chi connectivity index (χ3n) is 2.39. The van der Waals surface area contributed by atoms with Crippen LogP contribution in [0.1, 0.15) is 24.2 Å². The summed E-state index contributed by atoms with van der Waals surface area (Å²) in [6.07, 6.45) is 1.25. The van der Waals surface area contributed by atoms with Gasteiger partial charge < -0.3 is 9.64 Å². The Kier molecular flexibility index (Phi) is 5.03. The highest BCUT2D eigenvalue weighted by atomic mass is 19.1. The fourth-order valence-electron chi connectivity index (χ4n) is 1.45. The maximum absolute atomic E-state index is 12.7. The molecular formula is C12H17FN2O2. The van der Waals surface area contributed by atoms with E-state index in [9.17, 15) is 9.18 Å². The summed E-state index contributed by atoms with van der Waals surface area (Å²) in [5.74, 6) is -0.751. The lowest BCUT2D eigenvalue weighted by atomic mass is 10.2. The van der Waals surface area contributed by atoms with Gasteiger partial charge in [-0.25, -0.2) is 4.98 Å². The van der Waals surface area contributed by atoms with Gasteiger partial charge in [0.05, 0.1) is 12.2 Å². The van der Waals surface area contributed by atoms with Crippen molar-refractivity contribution in [3.05, 3.63) is 29.8 Å². The van der Waals surface area contributed by atoms with E-state index in [4.69, 9.17) is 4.74 Å². The molecule has 1 aromatic rings. The van der Waals surface area contributed by atoms with Crippen molar-refractivity contribution in [3.8, 4) is 0 Å². The van der Waals surface area contributed by atoms with E-state index >= 15 is 0 Å². The molecule has 0 aromatic carbocycles. The minimum Gasteiger partial charge on any atom is -0.383 e. The number of amides is 1. The first-order valence-corrected chi connectivity index (χ1v) is 5.47. The third-order valence-corrected chi connectivity index (χ3v) is 2.39. The number of carbonyl (C=O) groups excluding carboxylic acids is 1. The van der Waals surface area contributed by atoms with Crippen LogP contribution in [0.4, 0.5) is 4.39 Å². The van der Waals surface area contributed by atoms with Gasteiger partial charge in [0, 0.05) is 25.9 Å². The van der Waals surface area contributed by atoms with Crippen LogP contribution in [-0.2, 0) is 4.74 Å². The van der Waals surface area contributed by atoms with Gasteiger partial charge in [-0.05, 0) is 26.0 Å². The second-order valence-corrected chi connectivity index (χ2v) is 3.95. The van der Waals surface area contributed by atoms with Crippen LogP contribution < -0.4 is 0 Å². The van der Waals surface area contributed by atoms with Crippen molar-refractivity contribution in [2.75, 3.05) is 20.3 Å². The molecule has 0 saturated carbocycles. The molecule has 94 valence electrons. The van der Waals surface area contributed by atoms with Crippen LogP contribution in [0, 0.1) is 5.95 Å². The molecule has 4 nitrogen and oxygen atoms in total. The molecule has 17 heavy (non-hydrogen) atoms. The summed E-state index contributed by atoms with van der Waals surface area (Å²) in [7, 11) is 1.59. The van der Waals surface area contributed by atoms with Crippen LogP contribution in [0.3, 0.4) is 0 Å². The molecule has 0 unspecified atom stereocenters. The fourth-order valence-corrected chi connectivity index (χ4v) is 1.45. The number of halogens is 1. The van der Waals surface area contributed by atoms with Crippen LogP contribution in [0.2, 0.25) is 0 Å². The topological polar surface area (TPSA) is 42.4 Å². The molecule has 0 aliphatic rings. The highest BCUT2D eigenvalue weighted by Gasteiger charge is 2.18. The molecule has 1 amide bonds. The van der Waals surface area contributed by atoms with E-state index in [-0.39, 0.29) is 11.9 Å². The molecule has 0 bridgehead atoms. The Morgan fingerprint density at radius 3 is 2.71 bits per heavy atom. The Morgan fingerprint density at radius 2 is 2.24 bits per heavy atom. The molecule has 0 aliphatic carbocycles. The first-order chi connectivity index (χ1) is 8.06. The van der Waals surface area contributed by atoms with Gasteiger partial charge in [0.15, 0.2) is 0 Å². The van der Waals surface area contributed by atoms with Crippen LogP contribution in [-0.4, -0.2) is 42.1 Å². The summed E-state index contributed by atoms with van der Waals surface area (Å²) in [6, 6.07) is 2.68. The standard InChI is InChI=1S/C12H17FN2O2/c1-9(2)15(6-7-17-3)12(16)10-4-5-11(13)14-8-10/h4-5,8-9H,6-7H2,1-3H3. The summed E-state index contributed by atoms with van der Waals surface area (Å²) in [4.78, 5) is 17.3. The normalized spacial score (nSPS) is 10.6. The van der Waals surface area contributed by atoms with Gasteiger partial charge in [0.1, 0.15) is 0 Å². The number of hydrogen-bond donors (Lipinski definition) is 0. The largest absolute Gasteiger partial charge is 0.383 e. The second-order valence-electron chi connectivity index (χ2n) is 3.95. The smallest absolute Gasteiger partial charge is 0.255 e. The van der Waals surface area contributed by atoms with Gasteiger partial charge in [-0.1, -0.05) is 0 Å². The molecule has 0 spiro atoms. The number of hydrogen-bond acceptors (Lipinski definition) is 3. The molecule has 1 aromatic heterocycles. The number of aromatic nitrogens is 1. The molecule has 0 N–H and O–H groups in total. The Hall–Kier alpha value is -1.49. The molecule has 0 saturated heterocycles. The van der Waals surface area contributed by atoms with E-state index in [0.29, 0.717) is 18.7 Å². The van der Waals surface area contributed by atoms with E-state index in [0.717, 1.165) is 0 Å². The van der Waals surface area contributed by atoms with Gasteiger partial charge in [0.2, 0.25) is 5.95 Å². The van der Waals surface area contributed by atoms with Crippen LogP contribution in [0.15, 0.2) is 18.3 Å². The van der Waals surface area contributed by atoms with Gasteiger partial charge in [0.25, 0.3) is 5.91 Å². The molecule has 1 heterocycles. The van der Waals surface area contributed by atoms with Gasteiger partial charge in [-0.2, -0.15) is 4.39 Å². The summed E-state index contributed by atoms with van der Waals surface area (Å²) < 4.78 is 17.6. The maximum atomic E-state index is 12.7. The number of carbonyl (C=O) groups is 1. The van der Waals surface area contributed by atoms with Crippen molar-refractivity contribution in [2.45, 2.75) is 19.9 Å². The zero-order valence-corrected chi connectivity index (χ0v) is 10.3. The van der Waals surface area contributed by atoms with Crippen LogP contribution >= 0.6 is 0 Å². The highest BCUT2D eigenvalue weighted by Crippen LogP contribution is 2.08. The van der Waals surface area contributed by atoms with E-state index in [2.05, 4.69) is 4.98 Å². The molecule has 0 atom stereocenters. The Labute approximate surface area is 100 Å². The van der Waals surface area contributed by atoms with Crippen molar-refractivity contribution in [1.29, 1.82) is 0 Å². The molecular weight excluding hydrogens is 223 g/mol. The highest BCUT2D eigenvalue weighted by molar-refractivity contribution is 5.94. The maximum Gasteiger partial charge on any atom is 0.255 e. The Bertz CT molecular complexity index is 365. The number of rotatable bonds is 5. The summed E-state index contributed by atoms with van der Waals surface area (Å²) in [5.41, 5.74) is 0.385. The van der Waals surface area contributed by atoms with Crippen LogP contribution in [0.25, 0.3) is 0 Å². The number of nitrogens with zero attached hydrogens (tertiary/aromatic N) is 2. The Balaban J connectivity index is 2.80. The Morgan fingerprint density at radius 1 is 1.53 bits per heavy atom. The van der Waals surface area contributed by atoms with Crippen molar-refractivity contribution >= 4 is 5.91 Å². The van der Waals surface area contributed by atoms with E-state index in [1.807, 2.05) is 13.8 Å². The summed E-state index contributed by atoms with van der Waals surface area (Å²) in [5, 5.41) is 0. The molecule has 0 radical (unpaired) electrons. The number of ether oxygens (including phenoxy) is 1. The lowest BCUT2D eigenvalue weighted by Gasteiger charge is -2.26. The van der Waals surface area contributed by atoms with Crippen molar-refractivity contribution in [1.82, 2.24) is 9.88 Å². The average molecular weight is 240 g/mol.